The second-order valence-corrected chi connectivity index (χ2v) is 6.43. The molecule has 0 atom stereocenters. The first-order chi connectivity index (χ1) is 13.2. The quantitative estimate of drug-likeness (QED) is 0.569. The maximum Gasteiger partial charge on any atom is 0.224 e. The van der Waals surface area contributed by atoms with Crippen LogP contribution < -0.4 is 5.32 Å². The molecule has 0 saturated carbocycles. The number of carbonyl (C=O) groups is 1. The zero-order chi connectivity index (χ0) is 18.6. The maximum atomic E-state index is 12.4. The van der Waals surface area contributed by atoms with Crippen molar-refractivity contribution in [3.8, 4) is 5.69 Å². The summed E-state index contributed by atoms with van der Waals surface area (Å²) in [7, 11) is 0. The van der Waals surface area contributed by atoms with Gasteiger partial charge in [-0.05, 0) is 43.2 Å². The van der Waals surface area contributed by atoms with Crippen molar-refractivity contribution in [3.63, 3.8) is 0 Å². The van der Waals surface area contributed by atoms with Gasteiger partial charge < -0.3 is 9.88 Å². The van der Waals surface area contributed by atoms with Gasteiger partial charge in [-0.2, -0.15) is 0 Å². The Balaban J connectivity index is 1.44. The minimum atomic E-state index is 0.00392. The van der Waals surface area contributed by atoms with E-state index in [1.807, 2.05) is 36.4 Å². The summed E-state index contributed by atoms with van der Waals surface area (Å²) in [5.74, 6) is 0.00392. The second kappa shape index (κ2) is 7.45. The molecule has 0 aliphatic carbocycles. The van der Waals surface area contributed by atoms with Crippen molar-refractivity contribution in [1.29, 1.82) is 0 Å². The average molecular weight is 359 g/mol. The third-order valence-corrected chi connectivity index (χ3v) is 4.68. The molecule has 0 aliphatic rings. The number of amides is 1. The van der Waals surface area contributed by atoms with E-state index in [1.165, 1.54) is 16.5 Å². The molecule has 4 aromatic rings. The van der Waals surface area contributed by atoms with Crippen molar-refractivity contribution in [2.75, 3.05) is 5.32 Å². The van der Waals surface area contributed by atoms with Crippen LogP contribution in [0.3, 0.4) is 0 Å². The third kappa shape index (κ3) is 3.60. The molecule has 6 nitrogen and oxygen atoms in total. The van der Waals surface area contributed by atoms with Crippen LogP contribution in [0.15, 0.2) is 67.4 Å². The number of hydrogen-bond acceptors (Lipinski definition) is 3. The molecule has 2 heterocycles. The molecule has 1 N–H and O–H groups in total. The topological polar surface area (TPSA) is 64.7 Å². The summed E-state index contributed by atoms with van der Waals surface area (Å²) in [4.78, 5) is 12.4. The van der Waals surface area contributed by atoms with Gasteiger partial charge in [0.1, 0.15) is 12.7 Å². The van der Waals surface area contributed by atoms with E-state index >= 15 is 0 Å². The number of nitrogens with one attached hydrogen (secondary N) is 1. The first-order valence-electron chi connectivity index (χ1n) is 9.06. The smallest absolute Gasteiger partial charge is 0.224 e. The summed E-state index contributed by atoms with van der Waals surface area (Å²) in [5, 5.41) is 11.8. The Kier molecular flexibility index (Phi) is 4.70. The Morgan fingerprint density at radius 1 is 1.07 bits per heavy atom. The second-order valence-electron chi connectivity index (χ2n) is 6.43. The fourth-order valence-electron chi connectivity index (χ4n) is 3.33. The lowest BCUT2D eigenvalue weighted by molar-refractivity contribution is -0.116. The Morgan fingerprint density at radius 3 is 2.70 bits per heavy atom. The van der Waals surface area contributed by atoms with Crippen LogP contribution >= 0.6 is 0 Å². The largest absolute Gasteiger partial charge is 0.347 e. The fourth-order valence-corrected chi connectivity index (χ4v) is 3.33. The predicted molar refractivity (Wildman–Crippen MR) is 106 cm³/mol. The van der Waals surface area contributed by atoms with Gasteiger partial charge in [0.2, 0.25) is 5.91 Å². The number of carbonyl (C=O) groups excluding carboxylic acids is 1. The van der Waals surface area contributed by atoms with Crippen molar-refractivity contribution in [3.05, 3.63) is 72.9 Å². The predicted octanol–water partition coefficient (Wildman–Crippen LogP) is 3.81. The highest BCUT2D eigenvalue weighted by Crippen LogP contribution is 2.23. The van der Waals surface area contributed by atoms with Crippen LogP contribution in [0, 0.1) is 0 Å². The van der Waals surface area contributed by atoms with Crippen LogP contribution in [0.25, 0.3) is 16.6 Å². The zero-order valence-corrected chi connectivity index (χ0v) is 15.2. The van der Waals surface area contributed by atoms with Crippen LogP contribution in [0.2, 0.25) is 0 Å². The van der Waals surface area contributed by atoms with Crippen LogP contribution in [0.5, 0.6) is 0 Å². The van der Waals surface area contributed by atoms with Gasteiger partial charge in [0.05, 0.1) is 5.69 Å². The Hall–Kier alpha value is -3.41. The average Bonchev–Trinajstić information content (AvgIpc) is 3.35. The van der Waals surface area contributed by atoms with E-state index in [0.717, 1.165) is 17.9 Å². The number of para-hydroxylation sites is 1. The van der Waals surface area contributed by atoms with E-state index < -0.39 is 0 Å². The van der Waals surface area contributed by atoms with Gasteiger partial charge in [-0.25, -0.2) is 0 Å². The molecule has 1 amide bonds. The Bertz CT molecular complexity index is 1070. The molecule has 0 aliphatic heterocycles. The van der Waals surface area contributed by atoms with Crippen molar-refractivity contribution in [1.82, 2.24) is 19.3 Å². The highest BCUT2D eigenvalue weighted by molar-refractivity contribution is 5.92. The number of aromatic nitrogens is 4. The van der Waals surface area contributed by atoms with Crippen LogP contribution in [0.1, 0.15) is 18.9 Å². The molecule has 0 bridgehead atoms. The molecule has 0 spiro atoms. The van der Waals surface area contributed by atoms with E-state index in [1.54, 1.807) is 17.2 Å². The van der Waals surface area contributed by atoms with Crippen molar-refractivity contribution in [2.45, 2.75) is 26.3 Å². The molecular formula is C21H21N5O. The third-order valence-electron chi connectivity index (χ3n) is 4.68. The molecular weight excluding hydrogens is 338 g/mol. The van der Waals surface area contributed by atoms with Crippen LogP contribution in [-0.4, -0.2) is 25.2 Å². The summed E-state index contributed by atoms with van der Waals surface area (Å²) >= 11 is 0. The number of rotatable bonds is 6. The molecule has 2 aromatic carbocycles. The molecule has 0 fully saturated rings. The highest BCUT2D eigenvalue weighted by atomic mass is 16.1. The van der Waals surface area contributed by atoms with E-state index in [0.29, 0.717) is 12.8 Å². The van der Waals surface area contributed by atoms with Crippen molar-refractivity contribution in [2.24, 2.45) is 0 Å². The molecule has 0 radical (unpaired) electrons. The van der Waals surface area contributed by atoms with Gasteiger partial charge in [0, 0.05) is 35.8 Å². The number of nitrogens with zero attached hydrogens (tertiary/aromatic N) is 4. The summed E-state index contributed by atoms with van der Waals surface area (Å²) in [5.41, 5.74) is 4.10. The van der Waals surface area contributed by atoms with Crippen molar-refractivity contribution < 1.29 is 4.79 Å². The maximum absolute atomic E-state index is 12.4. The van der Waals surface area contributed by atoms with Gasteiger partial charge in [0.15, 0.2) is 0 Å². The van der Waals surface area contributed by atoms with E-state index in [4.69, 9.17) is 0 Å². The summed E-state index contributed by atoms with van der Waals surface area (Å²) in [6.07, 6.45) is 6.57. The number of anilines is 1. The van der Waals surface area contributed by atoms with E-state index in [9.17, 15) is 4.79 Å². The van der Waals surface area contributed by atoms with E-state index in [-0.39, 0.29) is 5.91 Å². The van der Waals surface area contributed by atoms with Gasteiger partial charge in [0.25, 0.3) is 0 Å². The lowest BCUT2D eigenvalue weighted by Gasteiger charge is -2.07. The van der Waals surface area contributed by atoms with Crippen LogP contribution in [-0.2, 0) is 17.8 Å². The fraction of sp³-hybridized carbons (Fsp3) is 0.190. The zero-order valence-electron chi connectivity index (χ0n) is 15.2. The normalized spacial score (nSPS) is 11.0. The Labute approximate surface area is 157 Å². The monoisotopic (exact) mass is 359 g/mol. The van der Waals surface area contributed by atoms with Gasteiger partial charge in [-0.3, -0.25) is 9.36 Å². The number of fused-ring (bicyclic) bond motifs is 1. The van der Waals surface area contributed by atoms with Crippen molar-refractivity contribution >= 4 is 22.5 Å². The summed E-state index contributed by atoms with van der Waals surface area (Å²) in [6.45, 7) is 3.05. The van der Waals surface area contributed by atoms with Gasteiger partial charge in [-0.1, -0.05) is 24.3 Å². The standard InChI is InChI=1S/C21H21N5O/c1-2-25-13-16(19-8-3-4-9-20(19)25)10-11-21(27)24-17-6-5-7-18(12-17)26-14-22-23-15-26/h3-9,12-15H,2,10-11H2,1H3,(H,24,27). The van der Waals surface area contributed by atoms with Gasteiger partial charge in [-0.15, -0.1) is 10.2 Å². The SMILES string of the molecule is CCn1cc(CCC(=O)Nc2cccc(-n3cnnc3)c2)c2ccccc21. The minimum Gasteiger partial charge on any atom is -0.347 e. The minimum absolute atomic E-state index is 0.00392. The van der Waals surface area contributed by atoms with E-state index in [2.05, 4.69) is 45.3 Å². The lowest BCUT2D eigenvalue weighted by atomic mass is 10.1. The number of aryl methyl sites for hydroxylation is 2. The molecule has 0 saturated heterocycles. The molecule has 6 heteroatoms. The Morgan fingerprint density at radius 2 is 1.89 bits per heavy atom. The summed E-state index contributed by atoms with van der Waals surface area (Å²) < 4.78 is 4.03. The number of hydrogen-bond donors (Lipinski definition) is 1. The molecule has 27 heavy (non-hydrogen) atoms. The molecule has 0 unspecified atom stereocenters. The molecule has 4 rings (SSSR count). The molecule has 136 valence electrons. The first-order valence-corrected chi connectivity index (χ1v) is 9.06. The first kappa shape index (κ1) is 17.0. The van der Waals surface area contributed by atoms with Crippen LogP contribution in [0.4, 0.5) is 5.69 Å². The van der Waals surface area contributed by atoms with Gasteiger partial charge >= 0.3 is 0 Å². The lowest BCUT2D eigenvalue weighted by Crippen LogP contribution is -2.12. The number of benzene rings is 2. The molecule has 2 aromatic heterocycles. The summed E-state index contributed by atoms with van der Waals surface area (Å²) in [6, 6.07) is 16.0. The highest BCUT2D eigenvalue weighted by Gasteiger charge is 2.10.